The van der Waals surface area contributed by atoms with Gasteiger partial charge < -0.3 is 10.2 Å². The molecular formula is C14H28N2O. The van der Waals surface area contributed by atoms with Crippen LogP contribution >= 0.6 is 0 Å². The van der Waals surface area contributed by atoms with E-state index in [4.69, 9.17) is 0 Å². The molecule has 1 saturated heterocycles. The van der Waals surface area contributed by atoms with Crippen LogP contribution in [0.25, 0.3) is 0 Å². The fraction of sp³-hybridized carbons (Fsp3) is 0.929. The van der Waals surface area contributed by atoms with Gasteiger partial charge in [0.2, 0.25) is 5.91 Å². The number of unbranched alkanes of at least 4 members (excludes halogenated alkanes) is 2. The Bertz CT molecular complexity index is 212. The van der Waals surface area contributed by atoms with E-state index in [9.17, 15) is 4.79 Å². The summed E-state index contributed by atoms with van der Waals surface area (Å²) in [6.07, 6.45) is 8.16. The highest BCUT2D eigenvalue weighted by atomic mass is 16.2. The molecule has 0 saturated carbocycles. The molecule has 1 aliphatic heterocycles. The van der Waals surface area contributed by atoms with Crippen LogP contribution in [-0.4, -0.2) is 36.5 Å². The molecule has 1 aliphatic rings. The molecule has 3 heteroatoms. The van der Waals surface area contributed by atoms with Crippen molar-refractivity contribution in [2.24, 2.45) is 0 Å². The summed E-state index contributed by atoms with van der Waals surface area (Å²) in [5.74, 6) is 0.329. The van der Waals surface area contributed by atoms with E-state index in [1.54, 1.807) is 0 Å². The average molecular weight is 240 g/mol. The van der Waals surface area contributed by atoms with Gasteiger partial charge >= 0.3 is 0 Å². The first-order valence-electron chi connectivity index (χ1n) is 7.25. The zero-order valence-electron chi connectivity index (χ0n) is 11.5. The summed E-state index contributed by atoms with van der Waals surface area (Å²) in [7, 11) is 0. The maximum absolute atomic E-state index is 11.8. The summed E-state index contributed by atoms with van der Waals surface area (Å²) in [4.78, 5) is 13.8. The largest absolute Gasteiger partial charge is 0.343 e. The number of amides is 1. The van der Waals surface area contributed by atoms with Gasteiger partial charge in [-0.2, -0.15) is 0 Å². The predicted molar refractivity (Wildman–Crippen MR) is 72.0 cm³/mol. The molecular weight excluding hydrogens is 212 g/mol. The van der Waals surface area contributed by atoms with Gasteiger partial charge in [0.05, 0.1) is 0 Å². The monoisotopic (exact) mass is 240 g/mol. The van der Waals surface area contributed by atoms with Gasteiger partial charge in [-0.1, -0.05) is 26.2 Å². The number of carbonyl (C=O) groups excluding carboxylic acids is 1. The van der Waals surface area contributed by atoms with Crippen molar-refractivity contribution >= 4 is 5.91 Å². The number of carbonyl (C=O) groups is 1. The highest BCUT2D eigenvalue weighted by Gasteiger charge is 2.17. The zero-order valence-corrected chi connectivity index (χ0v) is 11.5. The number of likely N-dealkylation sites (tertiary alicyclic amines) is 1. The minimum atomic E-state index is 0.329. The molecule has 0 spiro atoms. The van der Waals surface area contributed by atoms with E-state index in [1.807, 2.05) is 4.90 Å². The summed E-state index contributed by atoms with van der Waals surface area (Å²) in [6.45, 7) is 7.24. The fourth-order valence-electron chi connectivity index (χ4n) is 2.35. The SMILES string of the molecule is CCCCCC(C)NCCC(=O)N1CCCC1. The Morgan fingerprint density at radius 3 is 2.65 bits per heavy atom. The first-order chi connectivity index (χ1) is 8.24. The van der Waals surface area contributed by atoms with Crippen LogP contribution in [0, 0.1) is 0 Å². The first-order valence-corrected chi connectivity index (χ1v) is 7.25. The Morgan fingerprint density at radius 1 is 1.29 bits per heavy atom. The lowest BCUT2D eigenvalue weighted by atomic mass is 10.1. The number of rotatable bonds is 8. The summed E-state index contributed by atoms with van der Waals surface area (Å²) < 4.78 is 0. The summed E-state index contributed by atoms with van der Waals surface area (Å²) in [5.41, 5.74) is 0. The molecule has 1 heterocycles. The van der Waals surface area contributed by atoms with Crippen molar-refractivity contribution in [2.45, 2.75) is 64.8 Å². The van der Waals surface area contributed by atoms with Gasteiger partial charge in [0.1, 0.15) is 0 Å². The lowest BCUT2D eigenvalue weighted by Crippen LogP contribution is -2.33. The molecule has 1 amide bonds. The van der Waals surface area contributed by atoms with Gasteiger partial charge in [-0.05, 0) is 26.2 Å². The lowest BCUT2D eigenvalue weighted by Gasteiger charge is -2.17. The third-order valence-corrected chi connectivity index (χ3v) is 3.53. The molecule has 1 unspecified atom stereocenters. The quantitative estimate of drug-likeness (QED) is 0.661. The van der Waals surface area contributed by atoms with E-state index in [1.165, 1.54) is 38.5 Å². The van der Waals surface area contributed by atoms with Crippen molar-refractivity contribution in [1.82, 2.24) is 10.2 Å². The smallest absolute Gasteiger partial charge is 0.223 e. The fourth-order valence-corrected chi connectivity index (χ4v) is 2.35. The molecule has 0 bridgehead atoms. The molecule has 17 heavy (non-hydrogen) atoms. The Hall–Kier alpha value is -0.570. The molecule has 0 radical (unpaired) electrons. The molecule has 1 rings (SSSR count). The molecule has 0 aromatic rings. The molecule has 1 atom stereocenters. The summed E-state index contributed by atoms with van der Waals surface area (Å²) in [5, 5.41) is 3.45. The van der Waals surface area contributed by atoms with E-state index in [0.717, 1.165) is 19.6 Å². The van der Waals surface area contributed by atoms with Crippen molar-refractivity contribution in [3.63, 3.8) is 0 Å². The average Bonchev–Trinajstić information content (AvgIpc) is 2.82. The molecule has 1 N–H and O–H groups in total. The van der Waals surface area contributed by atoms with Gasteiger partial charge in [0.25, 0.3) is 0 Å². The minimum absolute atomic E-state index is 0.329. The van der Waals surface area contributed by atoms with Crippen LogP contribution in [0.5, 0.6) is 0 Å². The van der Waals surface area contributed by atoms with Crippen LogP contribution in [-0.2, 0) is 4.79 Å². The summed E-state index contributed by atoms with van der Waals surface area (Å²) in [6, 6.07) is 0.549. The normalized spacial score (nSPS) is 17.4. The van der Waals surface area contributed by atoms with Crippen LogP contribution in [0.4, 0.5) is 0 Å². The van der Waals surface area contributed by atoms with Crippen molar-refractivity contribution in [3.05, 3.63) is 0 Å². The predicted octanol–water partition coefficient (Wildman–Crippen LogP) is 2.56. The van der Waals surface area contributed by atoms with Crippen LogP contribution in [0.1, 0.15) is 58.8 Å². The number of nitrogens with one attached hydrogen (secondary N) is 1. The Morgan fingerprint density at radius 2 is 2.00 bits per heavy atom. The second kappa shape index (κ2) is 8.51. The zero-order chi connectivity index (χ0) is 12.5. The van der Waals surface area contributed by atoms with E-state index >= 15 is 0 Å². The van der Waals surface area contributed by atoms with Gasteiger partial charge in [-0.3, -0.25) is 4.79 Å². The lowest BCUT2D eigenvalue weighted by molar-refractivity contribution is -0.130. The molecule has 0 aliphatic carbocycles. The molecule has 0 aromatic carbocycles. The molecule has 100 valence electrons. The number of hydrogen-bond acceptors (Lipinski definition) is 2. The van der Waals surface area contributed by atoms with E-state index in [0.29, 0.717) is 18.4 Å². The maximum Gasteiger partial charge on any atom is 0.223 e. The third kappa shape index (κ3) is 6.06. The van der Waals surface area contributed by atoms with Crippen LogP contribution in [0.3, 0.4) is 0 Å². The second-order valence-corrected chi connectivity index (χ2v) is 5.19. The molecule has 0 aromatic heterocycles. The molecule has 1 fully saturated rings. The maximum atomic E-state index is 11.8. The summed E-state index contributed by atoms with van der Waals surface area (Å²) >= 11 is 0. The Kier molecular flexibility index (Phi) is 7.25. The van der Waals surface area contributed by atoms with Crippen molar-refractivity contribution in [3.8, 4) is 0 Å². The highest BCUT2D eigenvalue weighted by Crippen LogP contribution is 2.08. The van der Waals surface area contributed by atoms with Crippen molar-refractivity contribution in [1.29, 1.82) is 0 Å². The van der Waals surface area contributed by atoms with E-state index in [-0.39, 0.29) is 0 Å². The van der Waals surface area contributed by atoms with Gasteiger partial charge in [0, 0.05) is 32.1 Å². The first kappa shape index (κ1) is 14.5. The van der Waals surface area contributed by atoms with Gasteiger partial charge in [0.15, 0.2) is 0 Å². The van der Waals surface area contributed by atoms with Crippen LogP contribution < -0.4 is 5.32 Å². The molecule has 3 nitrogen and oxygen atoms in total. The van der Waals surface area contributed by atoms with E-state index in [2.05, 4.69) is 19.2 Å². The highest BCUT2D eigenvalue weighted by molar-refractivity contribution is 5.76. The van der Waals surface area contributed by atoms with Gasteiger partial charge in [-0.15, -0.1) is 0 Å². The number of hydrogen-bond donors (Lipinski definition) is 1. The number of nitrogens with zero attached hydrogens (tertiary/aromatic N) is 1. The topological polar surface area (TPSA) is 32.3 Å². The Labute approximate surface area is 106 Å². The van der Waals surface area contributed by atoms with Crippen LogP contribution in [0.2, 0.25) is 0 Å². The van der Waals surface area contributed by atoms with Gasteiger partial charge in [-0.25, -0.2) is 0 Å². The third-order valence-electron chi connectivity index (χ3n) is 3.53. The second-order valence-electron chi connectivity index (χ2n) is 5.19. The van der Waals surface area contributed by atoms with Crippen molar-refractivity contribution < 1.29 is 4.79 Å². The van der Waals surface area contributed by atoms with Crippen LogP contribution in [0.15, 0.2) is 0 Å². The van der Waals surface area contributed by atoms with Crippen molar-refractivity contribution in [2.75, 3.05) is 19.6 Å². The van der Waals surface area contributed by atoms with E-state index < -0.39 is 0 Å². The Balaban J connectivity index is 2.00. The standard InChI is InChI=1S/C14H28N2O/c1-3-4-5-8-13(2)15-10-9-14(17)16-11-6-7-12-16/h13,15H,3-12H2,1-2H3. The minimum Gasteiger partial charge on any atom is -0.343 e.